The molecule has 1 aromatic carbocycles. The van der Waals surface area contributed by atoms with Crippen LogP contribution in [0.15, 0.2) is 35.7 Å². The van der Waals surface area contributed by atoms with Crippen LogP contribution in [-0.4, -0.2) is 33.5 Å². The highest BCUT2D eigenvalue weighted by Crippen LogP contribution is 2.24. The average molecular weight is 303 g/mol. The highest BCUT2D eigenvalue weighted by molar-refractivity contribution is 7.13. The van der Waals surface area contributed by atoms with E-state index in [1.807, 2.05) is 40.6 Å². The lowest BCUT2D eigenvalue weighted by Gasteiger charge is -2.19. The van der Waals surface area contributed by atoms with Crippen molar-refractivity contribution in [3.63, 3.8) is 0 Å². The first-order valence-electron chi connectivity index (χ1n) is 6.96. The predicted molar refractivity (Wildman–Crippen MR) is 82.9 cm³/mol. The molecule has 1 saturated heterocycles. The molecule has 0 saturated carbocycles. The summed E-state index contributed by atoms with van der Waals surface area (Å²) in [4.78, 5) is 17.7. The molecule has 0 spiro atoms. The first kappa shape index (κ1) is 14.0. The van der Waals surface area contributed by atoms with Crippen LogP contribution in [0.5, 0.6) is 0 Å². The Bertz CT molecular complexity index is 614. The number of hydrogen-bond acceptors (Lipinski definition) is 5. The Labute approximate surface area is 127 Å². The number of rotatable bonds is 5. The number of thiazole rings is 1. The molecule has 110 valence electrons. The fourth-order valence-electron chi connectivity index (χ4n) is 2.59. The molecule has 2 N–H and O–H groups in total. The second-order valence-electron chi connectivity index (χ2n) is 5.10. The van der Waals surface area contributed by atoms with Crippen molar-refractivity contribution in [3.8, 4) is 0 Å². The Hall–Kier alpha value is -1.92. The molecule has 2 heterocycles. The quantitative estimate of drug-likeness (QED) is 0.889. The van der Waals surface area contributed by atoms with Crippen molar-refractivity contribution < 1.29 is 9.90 Å². The second kappa shape index (κ2) is 6.24. The lowest BCUT2D eigenvalue weighted by Crippen LogP contribution is -2.35. The Balaban J connectivity index is 1.64. The minimum atomic E-state index is -0.731. The first-order chi connectivity index (χ1) is 10.2. The van der Waals surface area contributed by atoms with E-state index in [1.165, 1.54) is 0 Å². The summed E-state index contributed by atoms with van der Waals surface area (Å²) in [5.41, 5.74) is 1.93. The largest absolute Gasteiger partial charge is 0.480 e. The summed E-state index contributed by atoms with van der Waals surface area (Å²) in [7, 11) is 0. The van der Waals surface area contributed by atoms with Gasteiger partial charge in [0.05, 0.1) is 5.69 Å². The Morgan fingerprint density at radius 3 is 3.00 bits per heavy atom. The van der Waals surface area contributed by atoms with Crippen LogP contribution in [0.1, 0.15) is 18.5 Å². The zero-order valence-corrected chi connectivity index (χ0v) is 12.3. The van der Waals surface area contributed by atoms with Gasteiger partial charge in [-0.05, 0) is 31.5 Å². The van der Waals surface area contributed by atoms with Gasteiger partial charge in [-0.25, -0.2) is 4.98 Å². The molecule has 1 aliphatic heterocycles. The van der Waals surface area contributed by atoms with Gasteiger partial charge in [0.1, 0.15) is 6.04 Å². The monoisotopic (exact) mass is 303 g/mol. The van der Waals surface area contributed by atoms with Crippen LogP contribution >= 0.6 is 11.3 Å². The second-order valence-corrected chi connectivity index (χ2v) is 5.96. The van der Waals surface area contributed by atoms with Crippen molar-refractivity contribution in [2.45, 2.75) is 25.4 Å². The Morgan fingerprint density at radius 1 is 1.43 bits per heavy atom. The number of carboxylic acid groups (broad SMARTS) is 1. The smallest absolute Gasteiger partial charge is 0.320 e. The molecule has 0 amide bonds. The average Bonchev–Trinajstić information content (AvgIpc) is 3.10. The molecular weight excluding hydrogens is 286 g/mol. The fraction of sp³-hybridized carbons (Fsp3) is 0.333. The molecule has 0 unspecified atom stereocenters. The lowest BCUT2D eigenvalue weighted by molar-refractivity contribution is -0.142. The van der Waals surface area contributed by atoms with Gasteiger partial charge in [0.2, 0.25) is 0 Å². The van der Waals surface area contributed by atoms with Crippen molar-refractivity contribution >= 4 is 28.1 Å². The van der Waals surface area contributed by atoms with E-state index >= 15 is 0 Å². The maximum atomic E-state index is 11.2. The number of aromatic nitrogens is 1. The molecule has 1 aromatic heterocycles. The highest BCUT2D eigenvalue weighted by atomic mass is 32.1. The van der Waals surface area contributed by atoms with E-state index in [0.29, 0.717) is 6.54 Å². The van der Waals surface area contributed by atoms with E-state index in [4.69, 9.17) is 0 Å². The summed E-state index contributed by atoms with van der Waals surface area (Å²) in [6, 6.07) is 9.52. The van der Waals surface area contributed by atoms with Gasteiger partial charge in [0.25, 0.3) is 0 Å². The number of benzene rings is 1. The van der Waals surface area contributed by atoms with Gasteiger partial charge in [-0.3, -0.25) is 9.69 Å². The molecule has 6 heteroatoms. The molecule has 21 heavy (non-hydrogen) atoms. The predicted octanol–water partition coefficient (Wildman–Crippen LogP) is 2.94. The summed E-state index contributed by atoms with van der Waals surface area (Å²) in [6.07, 6.45) is 1.67. The maximum Gasteiger partial charge on any atom is 0.320 e. The summed E-state index contributed by atoms with van der Waals surface area (Å²) in [5, 5.41) is 15.3. The van der Waals surface area contributed by atoms with E-state index < -0.39 is 5.97 Å². The van der Waals surface area contributed by atoms with Gasteiger partial charge >= 0.3 is 5.97 Å². The number of anilines is 2. The van der Waals surface area contributed by atoms with Gasteiger partial charge in [0.15, 0.2) is 5.13 Å². The summed E-state index contributed by atoms with van der Waals surface area (Å²) < 4.78 is 0. The number of aliphatic carboxylic acids is 1. The van der Waals surface area contributed by atoms with Crippen LogP contribution in [0.25, 0.3) is 0 Å². The summed E-state index contributed by atoms with van der Waals surface area (Å²) >= 11 is 1.54. The molecule has 1 atom stereocenters. The molecule has 1 fully saturated rings. The number of nitrogens with zero attached hydrogens (tertiary/aromatic N) is 2. The third-order valence-corrected chi connectivity index (χ3v) is 4.40. The highest BCUT2D eigenvalue weighted by Gasteiger charge is 2.30. The molecule has 2 aromatic rings. The van der Waals surface area contributed by atoms with Crippen LogP contribution in [0.4, 0.5) is 10.8 Å². The van der Waals surface area contributed by atoms with Crippen LogP contribution < -0.4 is 5.32 Å². The number of hydrogen-bond donors (Lipinski definition) is 2. The Kier molecular flexibility index (Phi) is 4.17. The normalized spacial score (nSPS) is 18.8. The molecule has 0 aliphatic carbocycles. The van der Waals surface area contributed by atoms with Gasteiger partial charge in [-0.15, -0.1) is 11.3 Å². The minimum absolute atomic E-state index is 0.364. The topological polar surface area (TPSA) is 65.5 Å². The van der Waals surface area contributed by atoms with Gasteiger partial charge in [-0.1, -0.05) is 18.2 Å². The van der Waals surface area contributed by atoms with Gasteiger partial charge in [0, 0.05) is 17.6 Å². The number of carbonyl (C=O) groups is 1. The standard InChI is InChI=1S/C15H17N3O2S/c19-14(20)13-7-4-8-18(13)9-12-10-21-15(17-12)16-11-5-2-1-3-6-11/h1-3,5-6,10,13H,4,7-9H2,(H,16,17)(H,19,20)/t13-/m0/s1. The molecule has 0 bridgehead atoms. The minimum Gasteiger partial charge on any atom is -0.480 e. The summed E-state index contributed by atoms with van der Waals surface area (Å²) in [5.74, 6) is -0.731. The lowest BCUT2D eigenvalue weighted by atomic mass is 10.2. The third-order valence-electron chi connectivity index (χ3n) is 3.59. The number of nitrogens with one attached hydrogen (secondary N) is 1. The number of para-hydroxylation sites is 1. The Morgan fingerprint density at radius 2 is 2.24 bits per heavy atom. The van der Waals surface area contributed by atoms with E-state index in [1.54, 1.807) is 11.3 Å². The van der Waals surface area contributed by atoms with Crippen molar-refractivity contribution in [1.29, 1.82) is 0 Å². The molecule has 3 rings (SSSR count). The number of carboxylic acids is 1. The van der Waals surface area contributed by atoms with Crippen molar-refractivity contribution in [1.82, 2.24) is 9.88 Å². The first-order valence-corrected chi connectivity index (χ1v) is 7.83. The zero-order valence-electron chi connectivity index (χ0n) is 11.5. The van der Waals surface area contributed by atoms with E-state index in [0.717, 1.165) is 35.9 Å². The molecular formula is C15H17N3O2S. The molecule has 1 aliphatic rings. The summed E-state index contributed by atoms with van der Waals surface area (Å²) in [6.45, 7) is 1.43. The SMILES string of the molecule is O=C(O)[C@@H]1CCCN1Cc1csc(Nc2ccccc2)n1. The fourth-order valence-corrected chi connectivity index (χ4v) is 3.31. The van der Waals surface area contributed by atoms with Crippen LogP contribution in [0, 0.1) is 0 Å². The van der Waals surface area contributed by atoms with Crippen molar-refractivity contribution in [2.24, 2.45) is 0 Å². The van der Waals surface area contributed by atoms with E-state index in [-0.39, 0.29) is 6.04 Å². The maximum absolute atomic E-state index is 11.2. The van der Waals surface area contributed by atoms with Crippen LogP contribution in [0.3, 0.4) is 0 Å². The van der Waals surface area contributed by atoms with E-state index in [9.17, 15) is 9.90 Å². The van der Waals surface area contributed by atoms with Crippen LogP contribution in [-0.2, 0) is 11.3 Å². The third kappa shape index (κ3) is 3.40. The van der Waals surface area contributed by atoms with Crippen molar-refractivity contribution in [2.75, 3.05) is 11.9 Å². The van der Waals surface area contributed by atoms with Crippen molar-refractivity contribution in [3.05, 3.63) is 41.4 Å². The van der Waals surface area contributed by atoms with Gasteiger partial charge in [-0.2, -0.15) is 0 Å². The van der Waals surface area contributed by atoms with E-state index in [2.05, 4.69) is 10.3 Å². The van der Waals surface area contributed by atoms with Crippen LogP contribution in [0.2, 0.25) is 0 Å². The molecule has 5 nitrogen and oxygen atoms in total. The van der Waals surface area contributed by atoms with Gasteiger partial charge < -0.3 is 10.4 Å². The zero-order chi connectivity index (χ0) is 14.7. The number of likely N-dealkylation sites (tertiary alicyclic amines) is 1. The molecule has 0 radical (unpaired) electrons.